The molecule has 6 nitrogen and oxygen atoms in total. The molecule has 0 bridgehead atoms. The van der Waals surface area contributed by atoms with Gasteiger partial charge in [0.05, 0.1) is 23.3 Å². The van der Waals surface area contributed by atoms with Crippen LogP contribution in [0.4, 0.5) is 0 Å². The summed E-state index contributed by atoms with van der Waals surface area (Å²) in [4.78, 5) is 23.4. The van der Waals surface area contributed by atoms with E-state index in [9.17, 15) is 9.59 Å². The number of carboxylic acids is 1. The van der Waals surface area contributed by atoms with E-state index in [1.54, 1.807) is 12.1 Å². The lowest BCUT2D eigenvalue weighted by molar-refractivity contribution is -0.204. The van der Waals surface area contributed by atoms with E-state index in [0.717, 1.165) is 12.8 Å². The third kappa shape index (κ3) is 6.29. The second-order valence-corrected chi connectivity index (χ2v) is 5.59. The molecule has 0 amide bonds. The standard InChI is InChI=1S/C18H26O6/c1-5-12(3)23-16(24-13(4)6-2)11-22-18(21)15-10-8-7-9-14(15)17(19)20/h7-10,12-13,16H,5-6,11H2,1-4H3,(H,19,20). The number of esters is 1. The van der Waals surface area contributed by atoms with Gasteiger partial charge in [-0.3, -0.25) is 0 Å². The Balaban J connectivity index is 2.74. The van der Waals surface area contributed by atoms with Gasteiger partial charge >= 0.3 is 11.9 Å². The van der Waals surface area contributed by atoms with Crippen LogP contribution in [0.5, 0.6) is 0 Å². The summed E-state index contributed by atoms with van der Waals surface area (Å²) in [6.45, 7) is 7.70. The topological polar surface area (TPSA) is 82.1 Å². The van der Waals surface area contributed by atoms with E-state index >= 15 is 0 Å². The lowest BCUT2D eigenvalue weighted by Crippen LogP contribution is -2.31. The first-order valence-electron chi connectivity index (χ1n) is 8.19. The Morgan fingerprint density at radius 1 is 1.00 bits per heavy atom. The van der Waals surface area contributed by atoms with Gasteiger partial charge < -0.3 is 19.3 Å². The van der Waals surface area contributed by atoms with E-state index in [1.165, 1.54) is 12.1 Å². The molecule has 2 atom stereocenters. The molecule has 0 fully saturated rings. The molecule has 0 spiro atoms. The van der Waals surface area contributed by atoms with E-state index in [0.29, 0.717) is 0 Å². The molecule has 0 heterocycles. The van der Waals surface area contributed by atoms with Crippen molar-refractivity contribution >= 4 is 11.9 Å². The molecule has 134 valence electrons. The molecular weight excluding hydrogens is 312 g/mol. The summed E-state index contributed by atoms with van der Waals surface area (Å²) in [7, 11) is 0. The Labute approximate surface area is 142 Å². The monoisotopic (exact) mass is 338 g/mol. The molecule has 0 radical (unpaired) electrons. The summed E-state index contributed by atoms with van der Waals surface area (Å²) in [6.07, 6.45) is 0.843. The van der Waals surface area contributed by atoms with Crippen molar-refractivity contribution in [3.63, 3.8) is 0 Å². The fourth-order valence-corrected chi connectivity index (χ4v) is 1.89. The van der Waals surface area contributed by atoms with Crippen molar-refractivity contribution in [2.45, 2.75) is 59.0 Å². The van der Waals surface area contributed by atoms with Gasteiger partial charge in [0.1, 0.15) is 6.61 Å². The van der Waals surface area contributed by atoms with Crippen LogP contribution in [-0.2, 0) is 14.2 Å². The van der Waals surface area contributed by atoms with Crippen molar-refractivity contribution in [1.82, 2.24) is 0 Å². The zero-order valence-corrected chi connectivity index (χ0v) is 14.7. The van der Waals surface area contributed by atoms with E-state index in [-0.39, 0.29) is 29.9 Å². The van der Waals surface area contributed by atoms with Gasteiger partial charge in [-0.15, -0.1) is 0 Å². The molecule has 1 N–H and O–H groups in total. The van der Waals surface area contributed by atoms with E-state index < -0.39 is 18.2 Å². The number of rotatable bonds is 10. The minimum atomic E-state index is -1.18. The van der Waals surface area contributed by atoms with Gasteiger partial charge in [0.15, 0.2) is 6.29 Å². The number of benzene rings is 1. The largest absolute Gasteiger partial charge is 0.478 e. The van der Waals surface area contributed by atoms with Gasteiger partial charge in [0, 0.05) is 0 Å². The molecule has 6 heteroatoms. The van der Waals surface area contributed by atoms with Crippen LogP contribution in [0.15, 0.2) is 24.3 Å². The summed E-state index contributed by atoms with van der Waals surface area (Å²) in [6, 6.07) is 5.93. The number of hydrogen-bond acceptors (Lipinski definition) is 5. The Morgan fingerprint density at radius 2 is 1.50 bits per heavy atom. The molecule has 0 saturated heterocycles. The number of carbonyl (C=O) groups is 2. The smallest absolute Gasteiger partial charge is 0.339 e. The van der Waals surface area contributed by atoms with Crippen LogP contribution in [0.2, 0.25) is 0 Å². The average Bonchev–Trinajstić information content (AvgIpc) is 2.58. The van der Waals surface area contributed by atoms with Crippen molar-refractivity contribution in [2.75, 3.05) is 6.61 Å². The van der Waals surface area contributed by atoms with Crippen molar-refractivity contribution < 1.29 is 28.9 Å². The van der Waals surface area contributed by atoms with Gasteiger partial charge in [-0.2, -0.15) is 0 Å². The molecule has 0 aliphatic rings. The highest BCUT2D eigenvalue weighted by Gasteiger charge is 2.21. The molecule has 0 aliphatic carbocycles. The molecule has 0 saturated carbocycles. The first-order valence-corrected chi connectivity index (χ1v) is 8.19. The molecule has 0 aromatic heterocycles. The molecule has 1 rings (SSSR count). The minimum absolute atomic E-state index is 0.0100. The van der Waals surface area contributed by atoms with Crippen LogP contribution >= 0.6 is 0 Å². The lowest BCUT2D eigenvalue weighted by atomic mass is 10.1. The summed E-state index contributed by atoms with van der Waals surface area (Å²) < 4.78 is 16.7. The zero-order valence-electron chi connectivity index (χ0n) is 14.7. The fourth-order valence-electron chi connectivity index (χ4n) is 1.89. The van der Waals surface area contributed by atoms with Crippen LogP contribution in [0.25, 0.3) is 0 Å². The van der Waals surface area contributed by atoms with Crippen molar-refractivity contribution in [3.05, 3.63) is 35.4 Å². The van der Waals surface area contributed by atoms with Crippen LogP contribution in [-0.4, -0.2) is 42.1 Å². The molecular formula is C18H26O6. The lowest BCUT2D eigenvalue weighted by Gasteiger charge is -2.24. The summed E-state index contributed by atoms with van der Waals surface area (Å²) in [5.41, 5.74) is -0.0828. The number of aromatic carboxylic acids is 1. The highest BCUT2D eigenvalue weighted by molar-refractivity contribution is 6.02. The van der Waals surface area contributed by atoms with Crippen LogP contribution < -0.4 is 0 Å². The van der Waals surface area contributed by atoms with E-state index in [2.05, 4.69) is 0 Å². The second-order valence-electron chi connectivity index (χ2n) is 5.59. The zero-order chi connectivity index (χ0) is 18.1. The van der Waals surface area contributed by atoms with Gasteiger partial charge in [0.2, 0.25) is 0 Å². The average molecular weight is 338 g/mol. The maximum atomic E-state index is 12.2. The fraction of sp³-hybridized carbons (Fsp3) is 0.556. The Bertz CT molecular complexity index is 530. The number of carbonyl (C=O) groups excluding carboxylic acids is 1. The van der Waals surface area contributed by atoms with Gasteiger partial charge in [-0.05, 0) is 38.8 Å². The SMILES string of the molecule is CCC(C)OC(COC(=O)c1ccccc1C(=O)O)OC(C)CC. The number of hydrogen-bond donors (Lipinski definition) is 1. The Kier molecular flexibility index (Phi) is 8.43. The predicted molar refractivity (Wildman–Crippen MR) is 89.1 cm³/mol. The highest BCUT2D eigenvalue weighted by Crippen LogP contribution is 2.13. The molecule has 0 aliphatic heterocycles. The summed E-state index contributed by atoms with van der Waals surface area (Å²) >= 11 is 0. The van der Waals surface area contributed by atoms with Gasteiger partial charge in [-0.1, -0.05) is 26.0 Å². The summed E-state index contributed by atoms with van der Waals surface area (Å²) in [5, 5.41) is 9.14. The second kappa shape index (κ2) is 10.1. The molecule has 1 aromatic rings. The quantitative estimate of drug-likeness (QED) is 0.519. The van der Waals surface area contributed by atoms with Crippen molar-refractivity contribution in [3.8, 4) is 0 Å². The Hall–Kier alpha value is -1.92. The van der Waals surface area contributed by atoms with Crippen LogP contribution in [0.3, 0.4) is 0 Å². The predicted octanol–water partition coefficient (Wildman–Crippen LogP) is 3.50. The Morgan fingerprint density at radius 3 is 1.96 bits per heavy atom. The molecule has 24 heavy (non-hydrogen) atoms. The van der Waals surface area contributed by atoms with Crippen LogP contribution in [0, 0.1) is 0 Å². The molecule has 1 aromatic carbocycles. The number of carboxylic acid groups (broad SMARTS) is 1. The van der Waals surface area contributed by atoms with Crippen molar-refractivity contribution in [1.29, 1.82) is 0 Å². The van der Waals surface area contributed by atoms with E-state index in [4.69, 9.17) is 19.3 Å². The third-order valence-electron chi connectivity index (χ3n) is 3.65. The summed E-state index contributed by atoms with van der Waals surface area (Å²) in [5.74, 6) is -1.88. The normalized spacial score (nSPS) is 14.7. The van der Waals surface area contributed by atoms with Gasteiger partial charge in [-0.25, -0.2) is 9.59 Å². The maximum absolute atomic E-state index is 12.2. The maximum Gasteiger partial charge on any atom is 0.339 e. The number of ether oxygens (including phenoxy) is 3. The minimum Gasteiger partial charge on any atom is -0.478 e. The van der Waals surface area contributed by atoms with Crippen molar-refractivity contribution in [2.24, 2.45) is 0 Å². The highest BCUT2D eigenvalue weighted by atomic mass is 16.7. The molecule has 2 unspecified atom stereocenters. The third-order valence-corrected chi connectivity index (χ3v) is 3.65. The van der Waals surface area contributed by atoms with Gasteiger partial charge in [0.25, 0.3) is 0 Å². The first-order chi connectivity index (χ1) is 11.4. The van der Waals surface area contributed by atoms with E-state index in [1.807, 2.05) is 27.7 Å². The first kappa shape index (κ1) is 20.1. The van der Waals surface area contributed by atoms with Crippen LogP contribution in [0.1, 0.15) is 61.3 Å².